The van der Waals surface area contributed by atoms with Gasteiger partial charge in [-0.3, -0.25) is 0 Å². The first-order valence-electron chi connectivity index (χ1n) is 21.0. The number of hydrogen-bond acceptors (Lipinski definition) is 1. The molecule has 0 spiro atoms. The van der Waals surface area contributed by atoms with Gasteiger partial charge in [-0.05, 0) is 143 Å². The molecule has 0 fully saturated rings. The molecular formula is C60H41N. The molecule has 1 heteroatoms. The van der Waals surface area contributed by atoms with E-state index in [-0.39, 0.29) is 0 Å². The van der Waals surface area contributed by atoms with Gasteiger partial charge in [-0.25, -0.2) is 0 Å². The Labute approximate surface area is 357 Å². The van der Waals surface area contributed by atoms with Crippen LogP contribution in [0.25, 0.3) is 88.0 Å². The number of fused-ring (bicyclic) bond motifs is 4. The van der Waals surface area contributed by atoms with Crippen molar-refractivity contribution in [3.05, 3.63) is 249 Å². The zero-order chi connectivity index (χ0) is 40.5. The molecule has 0 bridgehead atoms. The molecule has 11 rings (SSSR count). The summed E-state index contributed by atoms with van der Waals surface area (Å²) in [6.45, 7) is 0. The minimum absolute atomic E-state index is 1.09. The molecule has 11 aromatic carbocycles. The molecule has 0 radical (unpaired) electrons. The van der Waals surface area contributed by atoms with E-state index in [4.69, 9.17) is 0 Å². The lowest BCUT2D eigenvalue weighted by Gasteiger charge is -2.27. The normalized spacial score (nSPS) is 11.3. The molecule has 0 amide bonds. The minimum atomic E-state index is 1.09. The fourth-order valence-electron chi connectivity index (χ4n) is 8.90. The highest BCUT2D eigenvalue weighted by molar-refractivity contribution is 6.09. The van der Waals surface area contributed by atoms with E-state index < -0.39 is 0 Å². The maximum absolute atomic E-state index is 2.41. The van der Waals surface area contributed by atoms with Crippen LogP contribution in [-0.2, 0) is 0 Å². The van der Waals surface area contributed by atoms with Crippen LogP contribution in [-0.4, -0.2) is 0 Å². The van der Waals surface area contributed by atoms with Crippen molar-refractivity contribution < 1.29 is 0 Å². The van der Waals surface area contributed by atoms with Crippen molar-refractivity contribution in [2.24, 2.45) is 0 Å². The highest BCUT2D eigenvalue weighted by Gasteiger charge is 2.18. The Morgan fingerprint density at radius 1 is 0.197 bits per heavy atom. The predicted octanol–water partition coefficient (Wildman–Crippen LogP) is 17.0. The molecule has 0 saturated carbocycles. The molecule has 0 heterocycles. The maximum atomic E-state index is 2.41. The van der Waals surface area contributed by atoms with Crippen LogP contribution in [0.5, 0.6) is 0 Å². The highest BCUT2D eigenvalue weighted by Crippen LogP contribution is 2.43. The van der Waals surface area contributed by atoms with Crippen molar-refractivity contribution in [3.63, 3.8) is 0 Å². The number of rotatable bonds is 8. The van der Waals surface area contributed by atoms with Crippen LogP contribution < -0.4 is 4.90 Å². The molecule has 0 saturated heterocycles. The van der Waals surface area contributed by atoms with Gasteiger partial charge in [0.2, 0.25) is 0 Å². The summed E-state index contributed by atoms with van der Waals surface area (Å²) in [5.41, 5.74) is 15.2. The lowest BCUT2D eigenvalue weighted by molar-refractivity contribution is 1.29. The van der Waals surface area contributed by atoms with Crippen molar-refractivity contribution in [3.8, 4) is 55.6 Å². The Morgan fingerprint density at radius 2 is 0.656 bits per heavy atom. The molecule has 11 aromatic rings. The van der Waals surface area contributed by atoms with E-state index in [1.54, 1.807) is 0 Å². The van der Waals surface area contributed by atoms with Gasteiger partial charge in [0, 0.05) is 17.1 Å². The second-order valence-electron chi connectivity index (χ2n) is 15.8. The van der Waals surface area contributed by atoms with E-state index in [0.717, 1.165) is 17.1 Å². The molecule has 0 unspecified atom stereocenters. The smallest absolute Gasteiger partial charge is 0.0468 e. The van der Waals surface area contributed by atoms with Crippen molar-refractivity contribution in [1.82, 2.24) is 0 Å². The van der Waals surface area contributed by atoms with E-state index >= 15 is 0 Å². The molecule has 0 atom stereocenters. The summed E-state index contributed by atoms with van der Waals surface area (Å²) in [6, 6.07) is 90.6. The summed E-state index contributed by atoms with van der Waals surface area (Å²) >= 11 is 0. The van der Waals surface area contributed by atoms with E-state index in [1.165, 1.54) is 88.0 Å². The predicted molar refractivity (Wildman–Crippen MR) is 261 cm³/mol. The summed E-state index contributed by atoms with van der Waals surface area (Å²) in [4.78, 5) is 2.41. The van der Waals surface area contributed by atoms with Gasteiger partial charge >= 0.3 is 0 Å². The van der Waals surface area contributed by atoms with Crippen LogP contribution in [0.4, 0.5) is 17.1 Å². The topological polar surface area (TPSA) is 3.24 Å². The fourth-order valence-corrected chi connectivity index (χ4v) is 8.90. The van der Waals surface area contributed by atoms with Crippen LogP contribution in [0, 0.1) is 0 Å². The molecule has 1 nitrogen and oxygen atoms in total. The maximum Gasteiger partial charge on any atom is 0.0468 e. The first kappa shape index (κ1) is 36.1. The number of nitrogens with zero attached hydrogens (tertiary/aromatic N) is 1. The van der Waals surface area contributed by atoms with Crippen molar-refractivity contribution in [1.29, 1.82) is 0 Å². The molecule has 61 heavy (non-hydrogen) atoms. The van der Waals surface area contributed by atoms with Crippen LogP contribution in [0.2, 0.25) is 0 Å². The monoisotopic (exact) mass is 775 g/mol. The summed E-state index contributed by atoms with van der Waals surface area (Å²) in [5, 5.41) is 7.45. The Morgan fingerprint density at radius 3 is 1.41 bits per heavy atom. The van der Waals surface area contributed by atoms with E-state index in [0.29, 0.717) is 0 Å². The summed E-state index contributed by atoms with van der Waals surface area (Å²) < 4.78 is 0. The summed E-state index contributed by atoms with van der Waals surface area (Å²) in [5.74, 6) is 0. The average molecular weight is 776 g/mol. The zero-order valence-corrected chi connectivity index (χ0v) is 33.6. The first-order chi connectivity index (χ1) is 30.2. The Bertz CT molecular complexity index is 3350. The van der Waals surface area contributed by atoms with Crippen LogP contribution >= 0.6 is 0 Å². The molecule has 286 valence electrons. The SMILES string of the molecule is c1ccc(-c2cccc(-c3cccc(-c4ccc(N(c5ccc(-c6ccc7ccccc7c6)cc5)c5ccc6ccc7ccccc7c6c5)cc4-c4ccccc4)c3)c2)cc1. The van der Waals surface area contributed by atoms with Crippen molar-refractivity contribution in [2.75, 3.05) is 4.90 Å². The van der Waals surface area contributed by atoms with Gasteiger partial charge in [-0.15, -0.1) is 0 Å². The quantitative estimate of drug-likeness (QED) is 0.139. The average Bonchev–Trinajstić information content (AvgIpc) is 3.34. The summed E-state index contributed by atoms with van der Waals surface area (Å²) in [7, 11) is 0. The van der Waals surface area contributed by atoms with Gasteiger partial charge in [-0.1, -0.05) is 194 Å². The molecule has 0 N–H and O–H groups in total. The standard InChI is InChI=1S/C60H41N/c1-3-13-42(14-4-1)49-20-11-21-50(37-49)51-22-12-23-53(39-51)58-36-35-56(41-59(58)45-16-5-2-6-17-45)61(55-34-31-47-27-26-46-18-9-10-24-57(46)60(47)40-55)54-32-29-44(30-33-54)52-28-25-43-15-7-8-19-48(43)38-52/h1-41H. The third kappa shape index (κ3) is 7.03. The molecular weight excluding hydrogens is 735 g/mol. The van der Waals surface area contributed by atoms with Crippen LogP contribution in [0.15, 0.2) is 249 Å². The van der Waals surface area contributed by atoms with E-state index in [1.807, 2.05) is 0 Å². The molecule has 0 aliphatic heterocycles. The lowest BCUT2D eigenvalue weighted by atomic mass is 9.91. The van der Waals surface area contributed by atoms with Gasteiger partial charge in [0.1, 0.15) is 0 Å². The third-order valence-corrected chi connectivity index (χ3v) is 12.0. The van der Waals surface area contributed by atoms with Crippen LogP contribution in [0.3, 0.4) is 0 Å². The van der Waals surface area contributed by atoms with Gasteiger partial charge in [0.25, 0.3) is 0 Å². The largest absolute Gasteiger partial charge is 0.310 e. The van der Waals surface area contributed by atoms with Gasteiger partial charge < -0.3 is 4.90 Å². The first-order valence-corrected chi connectivity index (χ1v) is 21.0. The second kappa shape index (κ2) is 15.6. The number of benzene rings is 11. The van der Waals surface area contributed by atoms with Crippen LogP contribution in [0.1, 0.15) is 0 Å². The fraction of sp³-hybridized carbons (Fsp3) is 0. The lowest BCUT2D eigenvalue weighted by Crippen LogP contribution is -2.10. The Hall–Kier alpha value is -8.00. The Kier molecular flexibility index (Phi) is 9.26. The minimum Gasteiger partial charge on any atom is -0.310 e. The number of hydrogen-bond donors (Lipinski definition) is 0. The van der Waals surface area contributed by atoms with E-state index in [9.17, 15) is 0 Å². The van der Waals surface area contributed by atoms with Gasteiger partial charge in [-0.2, -0.15) is 0 Å². The number of anilines is 3. The summed E-state index contributed by atoms with van der Waals surface area (Å²) in [6.07, 6.45) is 0. The second-order valence-corrected chi connectivity index (χ2v) is 15.8. The van der Waals surface area contributed by atoms with Crippen molar-refractivity contribution in [2.45, 2.75) is 0 Å². The van der Waals surface area contributed by atoms with Gasteiger partial charge in [0.15, 0.2) is 0 Å². The zero-order valence-electron chi connectivity index (χ0n) is 33.6. The molecule has 0 aromatic heterocycles. The van der Waals surface area contributed by atoms with Crippen molar-refractivity contribution >= 4 is 49.4 Å². The highest BCUT2D eigenvalue weighted by atomic mass is 15.1. The van der Waals surface area contributed by atoms with Gasteiger partial charge in [0.05, 0.1) is 0 Å². The third-order valence-electron chi connectivity index (χ3n) is 12.0. The van der Waals surface area contributed by atoms with E-state index in [2.05, 4.69) is 254 Å². The Balaban J connectivity index is 1.05. The molecule has 0 aliphatic rings. The molecule has 0 aliphatic carbocycles.